The maximum Gasteiger partial charge on any atom is 0.176 e. The van der Waals surface area contributed by atoms with Crippen molar-refractivity contribution in [3.8, 4) is 0 Å². The smallest absolute Gasteiger partial charge is 0.176 e. The summed E-state index contributed by atoms with van der Waals surface area (Å²) < 4.78 is 38.5. The third-order valence-electron chi connectivity index (χ3n) is 9.46. The normalized spacial score (nSPS) is 24.8. The van der Waals surface area contributed by atoms with E-state index in [1.165, 1.54) is 6.26 Å². The molecule has 45 heavy (non-hydrogen) atoms. The highest BCUT2D eigenvalue weighted by Crippen LogP contribution is 2.55. The lowest BCUT2D eigenvalue weighted by molar-refractivity contribution is -0.173. The molecule has 232 valence electrons. The van der Waals surface area contributed by atoms with Crippen LogP contribution in [0, 0.1) is 5.92 Å². The SMILES string of the molecule is CS(=O)(=O)c1ccc(C(C[C@H]2CCC3(C2)O[C@H](c2ccccc2)[C@@H](c2ccccc2)O3)C2CC=C(c3ccccn3)N2)cc1Cl. The maximum atomic E-state index is 12.3. The van der Waals surface area contributed by atoms with Crippen LogP contribution in [0.5, 0.6) is 0 Å². The van der Waals surface area contributed by atoms with E-state index in [1.807, 2.05) is 42.5 Å². The first-order valence-electron chi connectivity index (χ1n) is 15.6. The molecule has 1 N–H and O–H groups in total. The number of pyridine rings is 1. The molecule has 2 fully saturated rings. The quantitative estimate of drug-likeness (QED) is 0.210. The van der Waals surface area contributed by atoms with Crippen LogP contribution in [0.2, 0.25) is 5.02 Å². The molecule has 8 heteroatoms. The number of benzene rings is 3. The predicted octanol–water partition coefficient (Wildman–Crippen LogP) is 8.04. The number of halogens is 1. The third-order valence-corrected chi connectivity index (χ3v) is 11.0. The van der Waals surface area contributed by atoms with Gasteiger partial charge in [-0.15, -0.1) is 0 Å². The first-order chi connectivity index (χ1) is 21.8. The van der Waals surface area contributed by atoms with Crippen LogP contribution < -0.4 is 5.32 Å². The molecule has 3 aromatic carbocycles. The zero-order chi connectivity index (χ0) is 31.0. The van der Waals surface area contributed by atoms with Crippen molar-refractivity contribution in [3.63, 3.8) is 0 Å². The lowest BCUT2D eigenvalue weighted by Gasteiger charge is -2.29. The molecule has 1 aromatic heterocycles. The molecule has 2 unspecified atom stereocenters. The van der Waals surface area contributed by atoms with Crippen molar-refractivity contribution in [1.29, 1.82) is 0 Å². The second kappa shape index (κ2) is 12.4. The van der Waals surface area contributed by atoms with Crippen LogP contribution in [0.4, 0.5) is 0 Å². The highest BCUT2D eigenvalue weighted by Gasteiger charge is 2.53. The lowest BCUT2D eigenvalue weighted by atomic mass is 9.82. The van der Waals surface area contributed by atoms with E-state index in [-0.39, 0.29) is 34.1 Å². The summed E-state index contributed by atoms with van der Waals surface area (Å²) in [5.74, 6) is -0.228. The molecular weight excluding hydrogens is 604 g/mol. The van der Waals surface area contributed by atoms with Gasteiger partial charge in [-0.05, 0) is 66.1 Å². The van der Waals surface area contributed by atoms with E-state index in [4.69, 9.17) is 21.1 Å². The van der Waals surface area contributed by atoms with Crippen molar-refractivity contribution in [1.82, 2.24) is 10.3 Å². The zero-order valence-electron chi connectivity index (χ0n) is 25.2. The summed E-state index contributed by atoms with van der Waals surface area (Å²) in [5, 5.41) is 4.00. The van der Waals surface area contributed by atoms with Gasteiger partial charge in [-0.2, -0.15) is 0 Å². The minimum Gasteiger partial charge on any atom is -0.380 e. The molecule has 1 saturated carbocycles. The summed E-state index contributed by atoms with van der Waals surface area (Å²) in [4.78, 5) is 4.70. The molecule has 6 nitrogen and oxygen atoms in total. The number of rotatable bonds is 8. The van der Waals surface area contributed by atoms with E-state index < -0.39 is 15.6 Å². The van der Waals surface area contributed by atoms with E-state index in [9.17, 15) is 8.42 Å². The van der Waals surface area contributed by atoms with E-state index >= 15 is 0 Å². The molecular formula is C37H37ClN2O4S. The Morgan fingerprint density at radius 3 is 2.20 bits per heavy atom. The topological polar surface area (TPSA) is 77.5 Å². The largest absolute Gasteiger partial charge is 0.380 e. The van der Waals surface area contributed by atoms with E-state index in [0.717, 1.165) is 60.2 Å². The summed E-state index contributed by atoms with van der Waals surface area (Å²) in [6.45, 7) is 0. The van der Waals surface area contributed by atoms with Crippen molar-refractivity contribution in [3.05, 3.63) is 137 Å². The first-order valence-corrected chi connectivity index (χ1v) is 17.9. The van der Waals surface area contributed by atoms with Crippen LogP contribution in [-0.2, 0) is 19.3 Å². The van der Waals surface area contributed by atoms with Gasteiger partial charge in [0, 0.05) is 37.3 Å². The predicted molar refractivity (Wildman–Crippen MR) is 176 cm³/mol. The molecule has 1 saturated heterocycles. The molecule has 0 bridgehead atoms. The minimum absolute atomic E-state index is 0.0879. The standard InChI is InChI=1S/C37H37ClN2O4S/c1-45(41,42)34-18-15-28(23-30(34)38)29(31-16-17-33(40-31)32-14-8-9-21-39-32)22-25-19-20-37(24-25)43-35(26-10-4-2-5-11-26)36(44-37)27-12-6-3-7-13-27/h2-15,17-18,21,23,25,29,31,35-36,40H,16,19-20,22,24H2,1H3/t25-,29?,31?,35-,36-/m1/s1. The van der Waals surface area contributed by atoms with Crippen LogP contribution in [0.15, 0.2) is 114 Å². The number of aromatic nitrogens is 1. The van der Waals surface area contributed by atoms with E-state index in [2.05, 4.69) is 64.9 Å². The number of sulfone groups is 1. The fourth-order valence-electron chi connectivity index (χ4n) is 7.34. The van der Waals surface area contributed by atoms with Gasteiger partial charge in [-0.1, -0.05) is 90.5 Å². The van der Waals surface area contributed by atoms with Crippen molar-refractivity contribution < 1.29 is 17.9 Å². The van der Waals surface area contributed by atoms with Crippen molar-refractivity contribution in [2.45, 2.75) is 67.0 Å². The molecule has 1 spiro atoms. The fourth-order valence-corrected chi connectivity index (χ4v) is 8.67. The van der Waals surface area contributed by atoms with Crippen molar-refractivity contribution in [2.24, 2.45) is 5.92 Å². The van der Waals surface area contributed by atoms with Gasteiger partial charge in [0.05, 0.1) is 21.3 Å². The van der Waals surface area contributed by atoms with Crippen LogP contribution in [0.25, 0.3) is 5.70 Å². The van der Waals surface area contributed by atoms with Crippen LogP contribution in [0.3, 0.4) is 0 Å². The average Bonchev–Trinajstić information content (AvgIpc) is 3.79. The van der Waals surface area contributed by atoms with Crippen LogP contribution in [0.1, 0.15) is 72.6 Å². The summed E-state index contributed by atoms with van der Waals surface area (Å²) in [6, 6.07) is 32.2. The molecule has 2 aliphatic heterocycles. The number of ether oxygens (including phenoxy) is 2. The molecule has 7 rings (SSSR count). The molecule has 0 amide bonds. The zero-order valence-corrected chi connectivity index (χ0v) is 26.8. The van der Waals surface area contributed by atoms with Gasteiger partial charge in [0.25, 0.3) is 0 Å². The second-order valence-electron chi connectivity index (χ2n) is 12.5. The number of nitrogens with zero attached hydrogens (tertiary/aromatic N) is 1. The average molecular weight is 641 g/mol. The Bertz CT molecular complexity index is 1740. The van der Waals surface area contributed by atoms with Gasteiger partial charge < -0.3 is 14.8 Å². The van der Waals surface area contributed by atoms with Gasteiger partial charge in [0.15, 0.2) is 15.6 Å². The lowest BCUT2D eigenvalue weighted by Crippen LogP contribution is -2.31. The monoisotopic (exact) mass is 640 g/mol. The van der Waals surface area contributed by atoms with Gasteiger partial charge in [-0.25, -0.2) is 8.42 Å². The number of hydrogen-bond acceptors (Lipinski definition) is 6. The molecule has 3 aliphatic rings. The molecule has 5 atom stereocenters. The maximum absolute atomic E-state index is 12.3. The molecule has 4 aromatic rings. The number of hydrogen-bond donors (Lipinski definition) is 1. The molecule has 3 heterocycles. The summed E-state index contributed by atoms with van der Waals surface area (Å²) >= 11 is 6.59. The Hall–Kier alpha value is -3.49. The fraction of sp³-hybridized carbons (Fsp3) is 0.324. The van der Waals surface area contributed by atoms with E-state index in [1.54, 1.807) is 12.3 Å². The van der Waals surface area contributed by atoms with Crippen molar-refractivity contribution >= 4 is 27.1 Å². The van der Waals surface area contributed by atoms with Gasteiger partial charge in [0.1, 0.15) is 12.2 Å². The highest BCUT2D eigenvalue weighted by molar-refractivity contribution is 7.90. The minimum atomic E-state index is -3.43. The Kier molecular flexibility index (Phi) is 8.29. The van der Waals surface area contributed by atoms with Crippen molar-refractivity contribution in [2.75, 3.05) is 6.26 Å². The molecule has 1 aliphatic carbocycles. The highest BCUT2D eigenvalue weighted by atomic mass is 35.5. The Morgan fingerprint density at radius 2 is 1.60 bits per heavy atom. The Balaban J connectivity index is 1.15. The van der Waals surface area contributed by atoms with Crippen LogP contribution >= 0.6 is 11.6 Å². The summed E-state index contributed by atoms with van der Waals surface area (Å²) in [5.41, 5.74) is 5.20. The Labute approximate surface area is 270 Å². The van der Waals surface area contributed by atoms with Gasteiger partial charge in [0.2, 0.25) is 0 Å². The summed E-state index contributed by atoms with van der Waals surface area (Å²) in [6.07, 6.45) is 9.13. The van der Waals surface area contributed by atoms with Crippen LogP contribution in [-0.4, -0.2) is 31.5 Å². The van der Waals surface area contributed by atoms with Gasteiger partial charge in [-0.3, -0.25) is 4.98 Å². The summed E-state index contributed by atoms with van der Waals surface area (Å²) in [7, 11) is -3.43. The van der Waals surface area contributed by atoms with E-state index in [0.29, 0.717) is 5.92 Å². The molecule has 0 radical (unpaired) electrons. The Morgan fingerprint density at radius 1 is 0.933 bits per heavy atom. The first kappa shape index (κ1) is 30.2. The van der Waals surface area contributed by atoms with Gasteiger partial charge >= 0.3 is 0 Å². The third kappa shape index (κ3) is 6.32. The second-order valence-corrected chi connectivity index (χ2v) is 14.9. The number of nitrogens with one attached hydrogen (secondary N) is 1.